The maximum absolute atomic E-state index is 8.92. The van der Waals surface area contributed by atoms with E-state index in [-0.39, 0.29) is 0 Å². The zero-order valence-corrected chi connectivity index (χ0v) is 11.4. The van der Waals surface area contributed by atoms with Crippen molar-refractivity contribution in [2.75, 3.05) is 5.32 Å². The van der Waals surface area contributed by atoms with Crippen LogP contribution in [0.2, 0.25) is 0 Å². The van der Waals surface area contributed by atoms with E-state index in [4.69, 9.17) is 5.26 Å². The average molecular weight is 256 g/mol. The summed E-state index contributed by atoms with van der Waals surface area (Å²) in [7, 11) is 0. The summed E-state index contributed by atoms with van der Waals surface area (Å²) in [6.45, 7) is 1.90. The number of hydrogen-bond acceptors (Lipinski definition) is 4. The zero-order chi connectivity index (χ0) is 13.2. The molecule has 0 spiro atoms. The van der Waals surface area contributed by atoms with Crippen LogP contribution >= 0.6 is 0 Å². The number of nitrogens with zero attached hydrogens (tertiary/aromatic N) is 3. The van der Waals surface area contributed by atoms with Crippen LogP contribution in [0, 0.1) is 30.1 Å². The summed E-state index contributed by atoms with van der Waals surface area (Å²) in [5.74, 6) is 2.32. The van der Waals surface area contributed by atoms with Gasteiger partial charge < -0.3 is 5.32 Å². The molecule has 2 saturated carbocycles. The van der Waals surface area contributed by atoms with E-state index in [0.29, 0.717) is 17.7 Å². The topological polar surface area (TPSA) is 61.6 Å². The number of rotatable bonds is 3. The van der Waals surface area contributed by atoms with Crippen molar-refractivity contribution in [3.63, 3.8) is 0 Å². The normalized spacial score (nSPS) is 26.7. The highest BCUT2D eigenvalue weighted by Gasteiger charge is 2.43. The van der Waals surface area contributed by atoms with Gasteiger partial charge in [-0.15, -0.1) is 0 Å². The van der Waals surface area contributed by atoms with Gasteiger partial charge in [0.25, 0.3) is 0 Å². The van der Waals surface area contributed by atoms with Crippen LogP contribution in [0.25, 0.3) is 0 Å². The molecule has 1 N–H and O–H groups in total. The van der Waals surface area contributed by atoms with Gasteiger partial charge in [0.1, 0.15) is 11.8 Å². The van der Waals surface area contributed by atoms with Gasteiger partial charge >= 0.3 is 0 Å². The van der Waals surface area contributed by atoms with Crippen LogP contribution < -0.4 is 5.32 Å². The Balaban J connectivity index is 1.61. The number of aromatic nitrogens is 2. The molecule has 1 aromatic rings. The van der Waals surface area contributed by atoms with Crippen LogP contribution in [-0.4, -0.2) is 16.0 Å². The minimum atomic E-state index is 0.449. The lowest BCUT2D eigenvalue weighted by atomic mass is 9.85. The molecule has 0 radical (unpaired) electrons. The molecule has 0 amide bonds. The van der Waals surface area contributed by atoms with E-state index in [2.05, 4.69) is 21.4 Å². The van der Waals surface area contributed by atoms with Crippen molar-refractivity contribution in [2.45, 2.75) is 51.5 Å². The Labute approximate surface area is 114 Å². The van der Waals surface area contributed by atoms with Crippen molar-refractivity contribution in [3.05, 3.63) is 17.5 Å². The Morgan fingerprint density at radius 2 is 2.05 bits per heavy atom. The number of nitriles is 1. The van der Waals surface area contributed by atoms with Crippen LogP contribution in [0.3, 0.4) is 0 Å². The first-order valence-corrected chi connectivity index (χ1v) is 7.28. The van der Waals surface area contributed by atoms with Gasteiger partial charge in [-0.2, -0.15) is 5.26 Å². The van der Waals surface area contributed by atoms with E-state index < -0.39 is 0 Å². The Hall–Kier alpha value is -1.63. The highest BCUT2D eigenvalue weighted by Crippen LogP contribution is 2.45. The second kappa shape index (κ2) is 5.16. The summed E-state index contributed by atoms with van der Waals surface area (Å²) in [5.41, 5.74) is 1.30. The van der Waals surface area contributed by atoms with E-state index in [9.17, 15) is 0 Å². The van der Waals surface area contributed by atoms with E-state index in [1.54, 1.807) is 6.07 Å². The SMILES string of the molecule is Cc1cc(C#N)nc(N[C@@H]2C[C@H]2C2CCCCC2)n1. The fourth-order valence-corrected chi connectivity index (χ4v) is 3.32. The van der Waals surface area contributed by atoms with Gasteiger partial charge in [-0.25, -0.2) is 9.97 Å². The lowest BCUT2D eigenvalue weighted by Gasteiger charge is -2.21. The maximum atomic E-state index is 8.92. The molecule has 2 aliphatic rings. The van der Waals surface area contributed by atoms with Gasteiger partial charge in [0, 0.05) is 11.7 Å². The molecule has 2 fully saturated rings. The first-order chi connectivity index (χ1) is 9.26. The van der Waals surface area contributed by atoms with E-state index in [1.165, 1.54) is 38.5 Å². The summed E-state index contributed by atoms with van der Waals surface area (Å²) in [6, 6.07) is 4.33. The molecule has 2 aliphatic carbocycles. The second-order valence-electron chi connectivity index (χ2n) is 5.88. The lowest BCUT2D eigenvalue weighted by molar-refractivity contribution is 0.319. The van der Waals surface area contributed by atoms with Crippen molar-refractivity contribution in [1.29, 1.82) is 5.26 Å². The molecule has 0 aromatic carbocycles. The van der Waals surface area contributed by atoms with Gasteiger partial charge in [0.2, 0.25) is 5.95 Å². The molecule has 0 bridgehead atoms. The summed E-state index contributed by atoms with van der Waals surface area (Å²) >= 11 is 0. The minimum Gasteiger partial charge on any atom is -0.351 e. The van der Waals surface area contributed by atoms with Crippen LogP contribution in [0.5, 0.6) is 0 Å². The summed E-state index contributed by atoms with van der Waals surface area (Å²) in [4.78, 5) is 8.60. The molecule has 4 heteroatoms. The number of nitrogens with one attached hydrogen (secondary N) is 1. The molecule has 2 atom stereocenters. The maximum Gasteiger partial charge on any atom is 0.224 e. The Morgan fingerprint density at radius 1 is 1.26 bits per heavy atom. The highest BCUT2D eigenvalue weighted by molar-refractivity contribution is 5.35. The fourth-order valence-electron chi connectivity index (χ4n) is 3.32. The molecule has 19 heavy (non-hydrogen) atoms. The number of aryl methyl sites for hydroxylation is 1. The highest BCUT2D eigenvalue weighted by atomic mass is 15.1. The van der Waals surface area contributed by atoms with Crippen LogP contribution in [-0.2, 0) is 0 Å². The monoisotopic (exact) mass is 256 g/mol. The van der Waals surface area contributed by atoms with E-state index >= 15 is 0 Å². The van der Waals surface area contributed by atoms with Gasteiger partial charge in [-0.1, -0.05) is 32.1 Å². The van der Waals surface area contributed by atoms with Gasteiger partial charge in [0.15, 0.2) is 0 Å². The quantitative estimate of drug-likeness (QED) is 0.903. The van der Waals surface area contributed by atoms with Gasteiger partial charge in [0.05, 0.1) is 0 Å². The lowest BCUT2D eigenvalue weighted by Crippen LogP contribution is -2.15. The summed E-state index contributed by atoms with van der Waals surface area (Å²) in [5, 5.41) is 12.3. The summed E-state index contributed by atoms with van der Waals surface area (Å²) < 4.78 is 0. The third kappa shape index (κ3) is 2.86. The van der Waals surface area contributed by atoms with Crippen molar-refractivity contribution < 1.29 is 0 Å². The Kier molecular flexibility index (Phi) is 3.37. The average Bonchev–Trinajstić information content (AvgIpc) is 3.18. The molecule has 4 nitrogen and oxygen atoms in total. The van der Waals surface area contributed by atoms with Crippen molar-refractivity contribution in [2.24, 2.45) is 11.8 Å². The zero-order valence-electron chi connectivity index (χ0n) is 11.4. The molecule has 0 unspecified atom stereocenters. The smallest absolute Gasteiger partial charge is 0.224 e. The number of hydrogen-bond donors (Lipinski definition) is 1. The van der Waals surface area contributed by atoms with Crippen LogP contribution in [0.1, 0.15) is 49.9 Å². The third-order valence-corrected chi connectivity index (χ3v) is 4.38. The first kappa shape index (κ1) is 12.4. The van der Waals surface area contributed by atoms with Crippen molar-refractivity contribution in [3.8, 4) is 6.07 Å². The first-order valence-electron chi connectivity index (χ1n) is 7.28. The minimum absolute atomic E-state index is 0.449. The molecular weight excluding hydrogens is 236 g/mol. The van der Waals surface area contributed by atoms with E-state index in [1.807, 2.05) is 6.92 Å². The molecule has 0 aliphatic heterocycles. The molecule has 100 valence electrons. The molecular formula is C15H20N4. The third-order valence-electron chi connectivity index (χ3n) is 4.38. The van der Waals surface area contributed by atoms with Crippen LogP contribution in [0.4, 0.5) is 5.95 Å². The predicted molar refractivity (Wildman–Crippen MR) is 73.6 cm³/mol. The van der Waals surface area contributed by atoms with Crippen molar-refractivity contribution in [1.82, 2.24) is 9.97 Å². The van der Waals surface area contributed by atoms with Crippen LogP contribution in [0.15, 0.2) is 6.07 Å². The molecule has 1 heterocycles. The summed E-state index contributed by atoms with van der Waals surface area (Å²) in [6.07, 6.45) is 8.22. The van der Waals surface area contributed by atoms with Gasteiger partial charge in [-0.05, 0) is 31.2 Å². The Bertz CT molecular complexity index is 499. The van der Waals surface area contributed by atoms with E-state index in [0.717, 1.165) is 17.5 Å². The largest absolute Gasteiger partial charge is 0.351 e. The molecule has 3 rings (SSSR count). The molecule has 0 saturated heterocycles. The number of anilines is 1. The van der Waals surface area contributed by atoms with Gasteiger partial charge in [-0.3, -0.25) is 0 Å². The fraction of sp³-hybridized carbons (Fsp3) is 0.667. The van der Waals surface area contributed by atoms with Crippen molar-refractivity contribution >= 4 is 5.95 Å². The molecule has 1 aromatic heterocycles. The predicted octanol–water partition coefficient (Wildman–Crippen LogP) is 3.04. The Morgan fingerprint density at radius 3 is 2.79 bits per heavy atom. The standard InChI is InChI=1S/C15H20N4/c1-10-7-12(9-16)18-15(17-10)19-14-8-13(14)11-5-3-2-4-6-11/h7,11,13-14H,2-6,8H2,1H3,(H,17,18,19)/t13-,14+/m0/s1. The second-order valence-corrected chi connectivity index (χ2v) is 5.88.